The molecule has 19 heavy (non-hydrogen) atoms. The molecule has 1 atom stereocenters. The lowest BCUT2D eigenvalue weighted by Crippen LogP contribution is -2.34. The number of Topliss-reactive ketones (excluding diaryl/α,β-unsaturated/α-hetero) is 1. The summed E-state index contributed by atoms with van der Waals surface area (Å²) in [5.41, 5.74) is 0.248. The summed E-state index contributed by atoms with van der Waals surface area (Å²) in [6, 6.07) is 3.37. The molecule has 1 unspecified atom stereocenters. The molecule has 5 nitrogen and oxygen atoms in total. The molecule has 0 fully saturated rings. The average molecular weight is 275 g/mol. The molecule has 0 aliphatic heterocycles. The van der Waals surface area contributed by atoms with E-state index in [1.807, 2.05) is 11.4 Å². The van der Waals surface area contributed by atoms with Gasteiger partial charge in [0, 0.05) is 24.9 Å². The zero-order valence-electron chi connectivity index (χ0n) is 10.4. The summed E-state index contributed by atoms with van der Waals surface area (Å²) >= 11 is 1.40. The second-order valence-electron chi connectivity index (χ2n) is 4.07. The normalized spacial score (nSPS) is 11.8. The van der Waals surface area contributed by atoms with E-state index >= 15 is 0 Å². The number of hydrogen-bond donors (Lipinski definition) is 1. The van der Waals surface area contributed by atoms with E-state index in [2.05, 4.69) is 15.3 Å². The molecule has 98 valence electrons. The highest BCUT2D eigenvalue weighted by molar-refractivity contribution is 7.12. The van der Waals surface area contributed by atoms with E-state index in [0.717, 1.165) is 0 Å². The maximum Gasteiger partial charge on any atom is 0.271 e. The first-order valence-electron chi connectivity index (χ1n) is 5.80. The van der Waals surface area contributed by atoms with Crippen molar-refractivity contribution in [3.8, 4) is 0 Å². The van der Waals surface area contributed by atoms with Crippen LogP contribution in [0, 0.1) is 0 Å². The molecule has 1 N–H and O–H groups in total. The van der Waals surface area contributed by atoms with E-state index in [-0.39, 0.29) is 29.8 Å². The van der Waals surface area contributed by atoms with Crippen molar-refractivity contribution < 1.29 is 9.59 Å². The molecular formula is C13H13N3O2S. The number of ketones is 1. The smallest absolute Gasteiger partial charge is 0.271 e. The van der Waals surface area contributed by atoms with Crippen LogP contribution in [0.1, 0.15) is 33.5 Å². The summed E-state index contributed by atoms with van der Waals surface area (Å²) in [5, 5.41) is 4.59. The van der Waals surface area contributed by atoms with Gasteiger partial charge in [-0.25, -0.2) is 4.98 Å². The number of thiophene rings is 1. The van der Waals surface area contributed by atoms with Crippen molar-refractivity contribution in [3.05, 3.63) is 46.7 Å². The van der Waals surface area contributed by atoms with Gasteiger partial charge >= 0.3 is 0 Å². The molecule has 0 saturated heterocycles. The molecule has 2 aromatic heterocycles. The fraction of sp³-hybridized carbons (Fsp3) is 0.231. The Morgan fingerprint density at radius 2 is 2.26 bits per heavy atom. The minimum Gasteiger partial charge on any atom is -0.348 e. The van der Waals surface area contributed by atoms with Gasteiger partial charge in [-0.15, -0.1) is 11.3 Å². The van der Waals surface area contributed by atoms with Crippen molar-refractivity contribution in [3.63, 3.8) is 0 Å². The highest BCUT2D eigenvalue weighted by Crippen LogP contribution is 2.12. The summed E-state index contributed by atoms with van der Waals surface area (Å²) in [4.78, 5) is 32.1. The lowest BCUT2D eigenvalue weighted by atomic mass is 10.1. The van der Waals surface area contributed by atoms with Crippen LogP contribution in [-0.4, -0.2) is 27.7 Å². The van der Waals surface area contributed by atoms with Crippen LogP contribution in [0.4, 0.5) is 0 Å². The molecule has 2 heterocycles. The predicted molar refractivity (Wildman–Crippen MR) is 72.2 cm³/mol. The Morgan fingerprint density at radius 1 is 1.42 bits per heavy atom. The number of hydrogen-bond acceptors (Lipinski definition) is 5. The molecule has 0 aromatic carbocycles. The first kappa shape index (κ1) is 13.4. The summed E-state index contributed by atoms with van der Waals surface area (Å²) < 4.78 is 0. The number of carbonyl (C=O) groups excluding carboxylic acids is 2. The van der Waals surface area contributed by atoms with E-state index < -0.39 is 0 Å². The second kappa shape index (κ2) is 6.19. The Bertz CT molecular complexity index is 555. The molecule has 0 saturated carbocycles. The van der Waals surface area contributed by atoms with Gasteiger partial charge in [0.15, 0.2) is 5.78 Å². The lowest BCUT2D eigenvalue weighted by Gasteiger charge is -2.12. The van der Waals surface area contributed by atoms with Crippen LogP contribution in [0.2, 0.25) is 0 Å². The number of nitrogens with zero attached hydrogens (tertiary/aromatic N) is 2. The fourth-order valence-electron chi connectivity index (χ4n) is 1.58. The molecule has 0 bridgehead atoms. The van der Waals surface area contributed by atoms with Crippen molar-refractivity contribution in [1.82, 2.24) is 15.3 Å². The number of nitrogens with one attached hydrogen (secondary N) is 1. The van der Waals surface area contributed by atoms with Crippen LogP contribution in [-0.2, 0) is 0 Å². The second-order valence-corrected chi connectivity index (χ2v) is 5.02. The van der Waals surface area contributed by atoms with E-state index in [1.54, 1.807) is 13.0 Å². The van der Waals surface area contributed by atoms with Crippen LogP contribution in [0.25, 0.3) is 0 Å². The first-order valence-corrected chi connectivity index (χ1v) is 6.68. The maximum absolute atomic E-state index is 11.9. The Morgan fingerprint density at radius 3 is 2.89 bits per heavy atom. The SMILES string of the molecule is CC(CC(=O)c1cccs1)NC(=O)c1cnccn1. The molecule has 0 spiro atoms. The summed E-state index contributed by atoms with van der Waals surface area (Å²) in [6.45, 7) is 1.79. The fourth-order valence-corrected chi connectivity index (χ4v) is 2.26. The largest absolute Gasteiger partial charge is 0.348 e. The van der Waals surface area contributed by atoms with Gasteiger partial charge in [-0.2, -0.15) is 0 Å². The predicted octanol–water partition coefficient (Wildman–Crippen LogP) is 1.93. The molecule has 1 amide bonds. The Balaban J connectivity index is 1.90. The third-order valence-electron chi connectivity index (χ3n) is 2.46. The lowest BCUT2D eigenvalue weighted by molar-refractivity contribution is 0.0915. The standard InChI is InChI=1S/C13H13N3O2S/c1-9(7-11(17)12-3-2-6-19-12)16-13(18)10-8-14-4-5-15-10/h2-6,8-9H,7H2,1H3,(H,16,18). The Kier molecular flexibility index (Phi) is 4.35. The topological polar surface area (TPSA) is 72.0 Å². The van der Waals surface area contributed by atoms with E-state index in [9.17, 15) is 9.59 Å². The molecule has 2 rings (SSSR count). The van der Waals surface area contributed by atoms with Gasteiger partial charge in [0.25, 0.3) is 5.91 Å². The van der Waals surface area contributed by atoms with Crippen LogP contribution < -0.4 is 5.32 Å². The summed E-state index contributed by atoms with van der Waals surface area (Å²) in [6.07, 6.45) is 4.62. The molecule has 0 radical (unpaired) electrons. The zero-order valence-corrected chi connectivity index (χ0v) is 11.2. The van der Waals surface area contributed by atoms with Crippen molar-refractivity contribution in [2.45, 2.75) is 19.4 Å². The van der Waals surface area contributed by atoms with Crippen molar-refractivity contribution in [1.29, 1.82) is 0 Å². The number of carbonyl (C=O) groups is 2. The van der Waals surface area contributed by atoms with Gasteiger partial charge in [-0.05, 0) is 18.4 Å². The minimum atomic E-state index is -0.320. The van der Waals surface area contributed by atoms with Crippen molar-refractivity contribution in [2.24, 2.45) is 0 Å². The van der Waals surface area contributed by atoms with Gasteiger partial charge in [0.1, 0.15) is 5.69 Å². The van der Waals surface area contributed by atoms with E-state index in [4.69, 9.17) is 0 Å². The molecule has 2 aromatic rings. The molecule has 0 aliphatic rings. The third-order valence-corrected chi connectivity index (χ3v) is 3.37. The first-order chi connectivity index (χ1) is 9.16. The molecule has 6 heteroatoms. The minimum absolute atomic E-state index is 0.0296. The van der Waals surface area contributed by atoms with Gasteiger partial charge in [-0.1, -0.05) is 6.07 Å². The van der Waals surface area contributed by atoms with Gasteiger partial charge in [0.05, 0.1) is 11.1 Å². The maximum atomic E-state index is 11.9. The summed E-state index contributed by atoms with van der Waals surface area (Å²) in [5.74, 6) is -0.290. The van der Waals surface area contributed by atoms with Crippen LogP contribution in [0.15, 0.2) is 36.1 Å². The van der Waals surface area contributed by atoms with Gasteiger partial charge < -0.3 is 5.32 Å². The highest BCUT2D eigenvalue weighted by Gasteiger charge is 2.15. The number of aromatic nitrogens is 2. The van der Waals surface area contributed by atoms with E-state index in [0.29, 0.717) is 4.88 Å². The van der Waals surface area contributed by atoms with Crippen LogP contribution in [0.5, 0.6) is 0 Å². The van der Waals surface area contributed by atoms with Crippen molar-refractivity contribution in [2.75, 3.05) is 0 Å². The summed E-state index contributed by atoms with van der Waals surface area (Å²) in [7, 11) is 0. The van der Waals surface area contributed by atoms with Crippen molar-refractivity contribution >= 4 is 23.0 Å². The van der Waals surface area contributed by atoms with Gasteiger partial charge in [-0.3, -0.25) is 14.6 Å². The Labute approximate surface area is 114 Å². The number of amides is 1. The average Bonchev–Trinajstić information content (AvgIpc) is 2.93. The van der Waals surface area contributed by atoms with Crippen LogP contribution >= 0.6 is 11.3 Å². The van der Waals surface area contributed by atoms with Crippen LogP contribution in [0.3, 0.4) is 0 Å². The third kappa shape index (κ3) is 3.69. The molecular weight excluding hydrogens is 262 g/mol. The molecule has 0 aliphatic carbocycles. The Hall–Kier alpha value is -2.08. The zero-order chi connectivity index (χ0) is 13.7. The number of rotatable bonds is 5. The monoisotopic (exact) mass is 275 g/mol. The highest BCUT2D eigenvalue weighted by atomic mass is 32.1. The van der Waals surface area contributed by atoms with Gasteiger partial charge in [0.2, 0.25) is 0 Å². The quantitative estimate of drug-likeness (QED) is 0.846. The van der Waals surface area contributed by atoms with E-state index in [1.165, 1.54) is 29.9 Å².